The van der Waals surface area contributed by atoms with Gasteiger partial charge in [-0.25, -0.2) is 4.72 Å². The molecular formula is C3H2F6KNO3S. The molecule has 1 amide bonds. The summed E-state index contributed by atoms with van der Waals surface area (Å²) in [5.41, 5.74) is -5.96. The number of rotatable bonds is 1. The Morgan fingerprint density at radius 2 is 1.33 bits per heavy atom. The number of sulfonamides is 1. The van der Waals surface area contributed by atoms with E-state index in [4.69, 9.17) is 0 Å². The van der Waals surface area contributed by atoms with Crippen molar-refractivity contribution in [3.05, 3.63) is 0 Å². The average Bonchev–Trinajstić information content (AvgIpc) is 1.80. The van der Waals surface area contributed by atoms with E-state index < -0.39 is 27.6 Å². The van der Waals surface area contributed by atoms with E-state index in [1.165, 1.54) is 0 Å². The van der Waals surface area contributed by atoms with E-state index in [9.17, 15) is 39.6 Å². The zero-order valence-corrected chi connectivity index (χ0v) is 6.72. The molecule has 15 heavy (non-hydrogen) atoms. The number of carbonyl (C=O) groups is 1. The Labute approximate surface area is 122 Å². The van der Waals surface area contributed by atoms with Gasteiger partial charge in [-0.1, -0.05) is 0 Å². The van der Waals surface area contributed by atoms with Crippen LogP contribution in [-0.4, -0.2) is 77.4 Å². The van der Waals surface area contributed by atoms with Crippen LogP contribution in [0.5, 0.6) is 0 Å². The Hall–Kier alpha value is 0.636. The summed E-state index contributed by atoms with van der Waals surface area (Å²) in [7, 11) is -6.30. The van der Waals surface area contributed by atoms with Crippen molar-refractivity contribution < 1.29 is 39.6 Å². The molecule has 0 radical (unpaired) electrons. The normalized spacial score (nSPS) is 12.9. The van der Waals surface area contributed by atoms with Crippen molar-refractivity contribution in [2.75, 3.05) is 0 Å². The van der Waals surface area contributed by atoms with Crippen LogP contribution in [-0.2, 0) is 14.8 Å². The summed E-state index contributed by atoms with van der Waals surface area (Å²) in [5.74, 6) is -3.20. The van der Waals surface area contributed by atoms with Gasteiger partial charge in [0.1, 0.15) is 0 Å². The van der Waals surface area contributed by atoms with E-state index >= 15 is 0 Å². The van der Waals surface area contributed by atoms with Gasteiger partial charge >= 0.3 is 79.0 Å². The molecule has 0 aliphatic heterocycles. The van der Waals surface area contributed by atoms with Crippen molar-refractivity contribution in [1.82, 2.24) is 4.72 Å². The van der Waals surface area contributed by atoms with Crippen LogP contribution in [0.15, 0.2) is 0 Å². The van der Waals surface area contributed by atoms with E-state index in [1.54, 1.807) is 0 Å². The SMILES string of the molecule is O=C(NS(=O)(=O)C(F)(F)F)C(F)(F)F.[KH]. The van der Waals surface area contributed by atoms with Gasteiger partial charge in [0.25, 0.3) is 0 Å². The van der Waals surface area contributed by atoms with Crippen molar-refractivity contribution >= 4 is 67.3 Å². The van der Waals surface area contributed by atoms with Gasteiger partial charge in [0.15, 0.2) is 0 Å². The Kier molecular flexibility index (Phi) is 6.38. The number of hydrogen-bond donors (Lipinski definition) is 1. The first-order chi connectivity index (χ1) is 5.88. The summed E-state index contributed by atoms with van der Waals surface area (Å²) >= 11 is 0. The fourth-order valence-electron chi connectivity index (χ4n) is 0.238. The maximum atomic E-state index is 11.4. The van der Waals surface area contributed by atoms with Crippen LogP contribution in [0.3, 0.4) is 0 Å². The molecular weight excluding hydrogens is 283 g/mol. The molecule has 0 aromatic carbocycles. The molecule has 0 aliphatic carbocycles. The molecule has 0 rings (SSSR count). The molecule has 0 saturated carbocycles. The number of carbonyl (C=O) groups excluding carboxylic acids is 1. The van der Waals surface area contributed by atoms with Crippen molar-refractivity contribution in [3.8, 4) is 0 Å². The molecule has 0 aliphatic rings. The van der Waals surface area contributed by atoms with Crippen molar-refractivity contribution in [1.29, 1.82) is 0 Å². The molecule has 1 N–H and O–H groups in total. The van der Waals surface area contributed by atoms with Crippen LogP contribution < -0.4 is 4.72 Å². The summed E-state index contributed by atoms with van der Waals surface area (Å²) in [6.45, 7) is 0. The number of alkyl halides is 6. The third-order valence-electron chi connectivity index (χ3n) is 0.789. The second-order valence-electron chi connectivity index (χ2n) is 1.88. The minimum atomic E-state index is -6.30. The second-order valence-corrected chi connectivity index (χ2v) is 3.55. The molecule has 0 atom stereocenters. The van der Waals surface area contributed by atoms with Crippen LogP contribution in [0.2, 0.25) is 0 Å². The first-order valence-electron chi connectivity index (χ1n) is 2.58. The third kappa shape index (κ3) is 5.49. The molecule has 0 saturated heterocycles. The van der Waals surface area contributed by atoms with Gasteiger partial charge in [-0.15, -0.1) is 0 Å². The Balaban J connectivity index is 0. The van der Waals surface area contributed by atoms with E-state index in [0.29, 0.717) is 0 Å². The standard InChI is InChI=1S/C3HF6NO3S.K.H/c4-2(5,6)1(11)10-14(12,13)3(7,8)9;;/h(H,10,11);;. The topological polar surface area (TPSA) is 63.2 Å². The molecule has 0 heterocycles. The molecule has 0 bridgehead atoms. The van der Waals surface area contributed by atoms with Gasteiger partial charge in [-0.3, -0.25) is 4.79 Å². The number of hydrogen-bond acceptors (Lipinski definition) is 3. The van der Waals surface area contributed by atoms with Crippen LogP contribution in [0, 0.1) is 0 Å². The molecule has 0 unspecified atom stereocenters. The molecule has 86 valence electrons. The average molecular weight is 285 g/mol. The fraction of sp³-hybridized carbons (Fsp3) is 0.667. The van der Waals surface area contributed by atoms with Crippen LogP contribution >= 0.6 is 0 Å². The minimum absolute atomic E-state index is 0. The summed E-state index contributed by atoms with van der Waals surface area (Å²) in [6.07, 6.45) is -5.70. The molecule has 4 nitrogen and oxygen atoms in total. The Morgan fingerprint density at radius 1 is 1.00 bits per heavy atom. The summed E-state index contributed by atoms with van der Waals surface area (Å²) in [5, 5.41) is 0. The van der Waals surface area contributed by atoms with Gasteiger partial charge in [0.2, 0.25) is 0 Å². The summed E-state index contributed by atoms with van der Waals surface area (Å²) in [4.78, 5) is 9.81. The van der Waals surface area contributed by atoms with Crippen LogP contribution in [0.1, 0.15) is 0 Å². The molecule has 12 heteroatoms. The van der Waals surface area contributed by atoms with E-state index in [0.717, 1.165) is 0 Å². The zero-order valence-electron chi connectivity index (χ0n) is 5.90. The quantitative estimate of drug-likeness (QED) is 0.539. The Morgan fingerprint density at radius 3 is 1.53 bits per heavy atom. The zero-order chi connectivity index (χ0) is 11.8. The first-order valence-corrected chi connectivity index (χ1v) is 4.06. The molecule has 0 aromatic heterocycles. The van der Waals surface area contributed by atoms with Crippen molar-refractivity contribution in [3.63, 3.8) is 0 Å². The number of nitrogens with one attached hydrogen (secondary N) is 1. The van der Waals surface area contributed by atoms with Gasteiger partial charge in [-0.2, -0.15) is 34.8 Å². The fourth-order valence-corrected chi connectivity index (χ4v) is 0.713. The van der Waals surface area contributed by atoms with Gasteiger partial charge in [0, 0.05) is 0 Å². The van der Waals surface area contributed by atoms with E-state index in [1.807, 2.05) is 0 Å². The first kappa shape index (κ1) is 18.0. The number of halogens is 6. The van der Waals surface area contributed by atoms with Crippen LogP contribution in [0.4, 0.5) is 26.3 Å². The molecule has 0 fully saturated rings. The van der Waals surface area contributed by atoms with Gasteiger partial charge in [-0.05, 0) is 0 Å². The summed E-state index contributed by atoms with van der Waals surface area (Å²) < 4.78 is 87.9. The predicted molar refractivity (Wildman–Crippen MR) is 36.3 cm³/mol. The maximum absolute atomic E-state index is 11.4. The second kappa shape index (κ2) is 5.31. The van der Waals surface area contributed by atoms with Gasteiger partial charge in [0.05, 0.1) is 0 Å². The molecule has 0 aromatic rings. The number of amides is 1. The van der Waals surface area contributed by atoms with Crippen LogP contribution in [0.25, 0.3) is 0 Å². The van der Waals surface area contributed by atoms with Crippen molar-refractivity contribution in [2.45, 2.75) is 11.7 Å². The predicted octanol–water partition coefficient (Wildman–Crippen LogP) is -0.134. The van der Waals surface area contributed by atoms with Gasteiger partial charge < -0.3 is 0 Å². The summed E-state index contributed by atoms with van der Waals surface area (Å²) in [6, 6.07) is 0. The monoisotopic (exact) mass is 285 g/mol. The third-order valence-corrected chi connectivity index (χ3v) is 1.85. The van der Waals surface area contributed by atoms with Crippen molar-refractivity contribution in [2.24, 2.45) is 0 Å². The molecule has 0 spiro atoms. The van der Waals surface area contributed by atoms with E-state index in [-0.39, 0.29) is 56.1 Å². The van der Waals surface area contributed by atoms with E-state index in [2.05, 4.69) is 0 Å². The Bertz CT molecular complexity index is 331.